The molecule has 0 fully saturated rings. The normalized spacial score (nSPS) is 14.1. The molecule has 0 saturated carbocycles. The number of carboxylic acid groups (broad SMARTS) is 1. The Hall–Kier alpha value is -2.70. The summed E-state index contributed by atoms with van der Waals surface area (Å²) in [5.41, 5.74) is 3.10. The third-order valence-electron chi connectivity index (χ3n) is 3.01. The highest BCUT2D eigenvalue weighted by Crippen LogP contribution is 2.16. The lowest BCUT2D eigenvalue weighted by Gasteiger charge is -2.23. The molecule has 1 aliphatic rings. The minimum absolute atomic E-state index is 0.0468. The Balaban J connectivity index is 2.20. The van der Waals surface area contributed by atoms with E-state index in [0.29, 0.717) is 5.69 Å². The molecule has 1 heterocycles. The predicted octanol–water partition coefficient (Wildman–Crippen LogP) is 0.760. The molecule has 0 radical (unpaired) electrons. The minimum atomic E-state index is -0.984. The van der Waals surface area contributed by atoms with Gasteiger partial charge in [0.15, 0.2) is 0 Å². The number of hydrogen-bond acceptors (Lipinski definition) is 4. The highest BCUT2D eigenvalue weighted by molar-refractivity contribution is 6.44. The molecule has 2 N–H and O–H groups in total. The number of aliphatic carboxylic acids is 1. The molecule has 0 atom stereocenters. The molecule has 2 rings (SSSR count). The zero-order valence-corrected chi connectivity index (χ0v) is 11.3. The topological polar surface area (TPSA) is 99.1 Å². The molecule has 1 aromatic rings. The maximum atomic E-state index is 12.5. The number of hydrogen-bond donors (Lipinski definition) is 2. The molecule has 0 aliphatic carbocycles. The van der Waals surface area contributed by atoms with Crippen LogP contribution in [0.4, 0.5) is 5.69 Å². The van der Waals surface area contributed by atoms with E-state index in [9.17, 15) is 14.4 Å². The van der Waals surface area contributed by atoms with Gasteiger partial charge in [0.2, 0.25) is 5.91 Å². The molecule has 0 spiro atoms. The van der Waals surface area contributed by atoms with Gasteiger partial charge in [-0.1, -0.05) is 18.2 Å². The van der Waals surface area contributed by atoms with Gasteiger partial charge < -0.3 is 10.0 Å². The van der Waals surface area contributed by atoms with Gasteiger partial charge in [-0.05, 0) is 12.1 Å². The Morgan fingerprint density at radius 2 is 1.95 bits per heavy atom. The van der Waals surface area contributed by atoms with Gasteiger partial charge in [0, 0.05) is 25.1 Å². The van der Waals surface area contributed by atoms with Gasteiger partial charge in [-0.25, -0.2) is 5.43 Å². The van der Waals surface area contributed by atoms with E-state index in [1.165, 1.54) is 4.90 Å². The fourth-order valence-electron chi connectivity index (χ4n) is 1.95. The summed E-state index contributed by atoms with van der Waals surface area (Å²) in [5, 5.41) is 12.6. The Kier molecular flexibility index (Phi) is 4.65. The second-order valence-corrected chi connectivity index (χ2v) is 4.53. The summed E-state index contributed by atoms with van der Waals surface area (Å²) in [4.78, 5) is 35.7. The number of hydrazone groups is 1. The van der Waals surface area contributed by atoms with E-state index in [1.807, 2.05) is 6.07 Å². The second kappa shape index (κ2) is 6.65. The zero-order chi connectivity index (χ0) is 15.2. The van der Waals surface area contributed by atoms with Crippen molar-refractivity contribution in [3.05, 3.63) is 30.3 Å². The average Bonchev–Trinajstić information content (AvgIpc) is 2.49. The molecule has 7 heteroatoms. The maximum absolute atomic E-state index is 12.5. The van der Waals surface area contributed by atoms with Crippen LogP contribution in [0, 0.1) is 0 Å². The third-order valence-corrected chi connectivity index (χ3v) is 3.01. The smallest absolute Gasteiger partial charge is 0.305 e. The lowest BCUT2D eigenvalue weighted by atomic mass is 10.1. The van der Waals surface area contributed by atoms with Crippen LogP contribution in [-0.4, -0.2) is 35.1 Å². The first-order valence-corrected chi connectivity index (χ1v) is 6.52. The number of nitrogens with one attached hydrogen (secondary N) is 1. The van der Waals surface area contributed by atoms with Gasteiger partial charge in [-0.3, -0.25) is 14.4 Å². The van der Waals surface area contributed by atoms with Gasteiger partial charge in [0.1, 0.15) is 5.71 Å². The van der Waals surface area contributed by atoms with E-state index in [1.54, 1.807) is 24.3 Å². The molecule has 0 bridgehead atoms. The molecule has 21 heavy (non-hydrogen) atoms. The number of rotatable bonds is 5. The van der Waals surface area contributed by atoms with Crippen molar-refractivity contribution in [3.63, 3.8) is 0 Å². The van der Waals surface area contributed by atoms with E-state index in [-0.39, 0.29) is 43.3 Å². The first-order chi connectivity index (χ1) is 10.1. The molecule has 1 aromatic carbocycles. The summed E-state index contributed by atoms with van der Waals surface area (Å²) in [6.07, 6.45) is 0.285. The monoisotopic (exact) mass is 289 g/mol. The van der Waals surface area contributed by atoms with Crippen molar-refractivity contribution in [1.29, 1.82) is 0 Å². The molecule has 1 aliphatic heterocycles. The quantitative estimate of drug-likeness (QED) is 0.836. The zero-order valence-electron chi connectivity index (χ0n) is 11.3. The average molecular weight is 289 g/mol. The van der Waals surface area contributed by atoms with Crippen LogP contribution in [0.3, 0.4) is 0 Å². The summed E-state index contributed by atoms with van der Waals surface area (Å²) in [5.74, 6) is -1.60. The Bertz CT molecular complexity index is 583. The summed E-state index contributed by atoms with van der Waals surface area (Å²) >= 11 is 0. The van der Waals surface area contributed by atoms with Crippen molar-refractivity contribution >= 4 is 29.2 Å². The summed E-state index contributed by atoms with van der Waals surface area (Å²) in [6.45, 7) is 0.0468. The fraction of sp³-hybridized carbons (Fsp3) is 0.286. The predicted molar refractivity (Wildman–Crippen MR) is 75.9 cm³/mol. The van der Waals surface area contributed by atoms with E-state index in [0.717, 1.165) is 0 Å². The number of nitrogens with zero attached hydrogens (tertiary/aromatic N) is 2. The van der Waals surface area contributed by atoms with Crippen LogP contribution in [0.5, 0.6) is 0 Å². The number of carbonyl (C=O) groups excluding carboxylic acids is 2. The number of amides is 2. The number of carbonyl (C=O) groups is 3. The molecule has 2 amide bonds. The van der Waals surface area contributed by atoms with Crippen molar-refractivity contribution < 1.29 is 19.5 Å². The standard InChI is InChI=1S/C14H15N3O4/c18-12-7-6-11(15-16-12)14(21)17(9-8-13(19)20)10-4-2-1-3-5-10/h1-5H,6-9H2,(H,16,18)(H,19,20). The SMILES string of the molecule is O=C(O)CCN(C(=O)C1=NNC(=O)CC1)c1ccccc1. The van der Waals surface area contributed by atoms with E-state index in [4.69, 9.17) is 5.11 Å². The van der Waals surface area contributed by atoms with Crippen LogP contribution >= 0.6 is 0 Å². The van der Waals surface area contributed by atoms with Crippen molar-refractivity contribution in [2.45, 2.75) is 19.3 Å². The van der Waals surface area contributed by atoms with Crippen molar-refractivity contribution in [1.82, 2.24) is 5.43 Å². The number of benzene rings is 1. The molecule has 110 valence electrons. The second-order valence-electron chi connectivity index (χ2n) is 4.53. The van der Waals surface area contributed by atoms with E-state index >= 15 is 0 Å². The maximum Gasteiger partial charge on any atom is 0.305 e. The summed E-state index contributed by atoms with van der Waals surface area (Å²) in [7, 11) is 0. The van der Waals surface area contributed by atoms with Gasteiger partial charge in [-0.2, -0.15) is 5.10 Å². The Labute approximate surface area is 121 Å². The molecule has 0 unspecified atom stereocenters. The number of carboxylic acids is 1. The van der Waals surface area contributed by atoms with Crippen LogP contribution in [-0.2, 0) is 14.4 Å². The Morgan fingerprint density at radius 1 is 1.24 bits per heavy atom. The molecule has 0 saturated heterocycles. The largest absolute Gasteiger partial charge is 0.481 e. The highest BCUT2D eigenvalue weighted by atomic mass is 16.4. The first-order valence-electron chi connectivity index (χ1n) is 6.52. The van der Waals surface area contributed by atoms with E-state index in [2.05, 4.69) is 10.5 Å². The number of para-hydroxylation sites is 1. The van der Waals surface area contributed by atoms with Crippen LogP contribution in [0.2, 0.25) is 0 Å². The van der Waals surface area contributed by atoms with Gasteiger partial charge >= 0.3 is 5.97 Å². The van der Waals surface area contributed by atoms with Gasteiger partial charge in [0.25, 0.3) is 5.91 Å². The van der Waals surface area contributed by atoms with Gasteiger partial charge in [-0.15, -0.1) is 0 Å². The molecule has 0 aromatic heterocycles. The molecule has 7 nitrogen and oxygen atoms in total. The van der Waals surface area contributed by atoms with Gasteiger partial charge in [0.05, 0.1) is 6.42 Å². The lowest BCUT2D eigenvalue weighted by Crippen LogP contribution is -2.41. The Morgan fingerprint density at radius 3 is 2.52 bits per heavy atom. The molecular formula is C14H15N3O4. The lowest BCUT2D eigenvalue weighted by molar-refractivity contribution is -0.136. The van der Waals surface area contributed by atoms with Crippen LogP contribution in [0.25, 0.3) is 0 Å². The minimum Gasteiger partial charge on any atom is -0.481 e. The van der Waals surface area contributed by atoms with Crippen LogP contribution in [0.15, 0.2) is 35.4 Å². The third kappa shape index (κ3) is 3.88. The molecular weight excluding hydrogens is 274 g/mol. The fourth-order valence-corrected chi connectivity index (χ4v) is 1.95. The van der Waals surface area contributed by atoms with Crippen molar-refractivity contribution in [3.8, 4) is 0 Å². The van der Waals surface area contributed by atoms with E-state index < -0.39 is 5.97 Å². The summed E-state index contributed by atoms with van der Waals surface area (Å²) < 4.78 is 0. The van der Waals surface area contributed by atoms with Crippen molar-refractivity contribution in [2.75, 3.05) is 11.4 Å². The van der Waals surface area contributed by atoms with Crippen LogP contribution < -0.4 is 10.3 Å². The first kappa shape index (κ1) is 14.7. The highest BCUT2D eigenvalue weighted by Gasteiger charge is 2.25. The van der Waals surface area contributed by atoms with Crippen LogP contribution in [0.1, 0.15) is 19.3 Å². The summed E-state index contributed by atoms with van der Waals surface area (Å²) in [6, 6.07) is 8.78. The number of anilines is 1. The van der Waals surface area contributed by atoms with Crippen molar-refractivity contribution in [2.24, 2.45) is 5.10 Å².